The van der Waals surface area contributed by atoms with Crippen LogP contribution in [0.5, 0.6) is 0 Å². The largest absolute Gasteiger partial charge is 0.350 e. The van der Waals surface area contributed by atoms with Crippen molar-refractivity contribution in [2.75, 3.05) is 12.4 Å². The molecular formula is C13H18O2S. The van der Waals surface area contributed by atoms with E-state index in [1.54, 1.807) is 0 Å². The van der Waals surface area contributed by atoms with Gasteiger partial charge >= 0.3 is 0 Å². The van der Waals surface area contributed by atoms with E-state index in [2.05, 4.69) is 24.3 Å². The summed E-state index contributed by atoms with van der Waals surface area (Å²) in [5.74, 6) is 0.580. The third-order valence-corrected chi connectivity index (χ3v) is 3.66. The van der Waals surface area contributed by atoms with Crippen LogP contribution in [0.4, 0.5) is 0 Å². The molecule has 1 aliphatic rings. The second kappa shape index (κ2) is 5.21. The van der Waals surface area contributed by atoms with Crippen LogP contribution in [0.15, 0.2) is 35.2 Å². The minimum atomic E-state index is -0.417. The summed E-state index contributed by atoms with van der Waals surface area (Å²) in [7, 11) is 0. The first-order valence-electron chi connectivity index (χ1n) is 5.65. The monoisotopic (exact) mass is 238 g/mol. The maximum absolute atomic E-state index is 5.85. The lowest BCUT2D eigenvalue weighted by Crippen LogP contribution is -2.40. The Balaban J connectivity index is 1.82. The SMILES string of the molecule is CC1(C)OCCC(CSc2ccccc2)O1. The molecule has 1 unspecified atom stereocenters. The number of thioether (sulfide) groups is 1. The van der Waals surface area contributed by atoms with Crippen LogP contribution < -0.4 is 0 Å². The van der Waals surface area contributed by atoms with Crippen molar-refractivity contribution in [2.24, 2.45) is 0 Å². The molecule has 0 amide bonds. The standard InChI is InChI=1S/C13H18O2S/c1-13(2)14-9-8-11(15-13)10-16-12-6-4-3-5-7-12/h3-7,11H,8-10H2,1-2H3. The Morgan fingerprint density at radius 3 is 2.75 bits per heavy atom. The normalized spacial score (nSPS) is 24.2. The van der Waals surface area contributed by atoms with Crippen LogP contribution in [0.3, 0.4) is 0 Å². The van der Waals surface area contributed by atoms with Crippen molar-refractivity contribution in [3.63, 3.8) is 0 Å². The van der Waals surface area contributed by atoms with Crippen molar-refractivity contribution < 1.29 is 9.47 Å². The highest BCUT2D eigenvalue weighted by Gasteiger charge is 2.29. The summed E-state index contributed by atoms with van der Waals surface area (Å²) in [6.07, 6.45) is 1.29. The molecule has 1 saturated heterocycles. The van der Waals surface area contributed by atoms with Crippen LogP contribution in [0.2, 0.25) is 0 Å². The Morgan fingerprint density at radius 1 is 1.31 bits per heavy atom. The molecule has 0 aliphatic carbocycles. The van der Waals surface area contributed by atoms with E-state index < -0.39 is 5.79 Å². The zero-order valence-corrected chi connectivity index (χ0v) is 10.6. The molecular weight excluding hydrogens is 220 g/mol. The van der Waals surface area contributed by atoms with E-state index in [1.165, 1.54) is 4.90 Å². The van der Waals surface area contributed by atoms with E-state index in [-0.39, 0.29) is 0 Å². The molecule has 3 heteroatoms. The van der Waals surface area contributed by atoms with Gasteiger partial charge in [-0.15, -0.1) is 11.8 Å². The van der Waals surface area contributed by atoms with Gasteiger partial charge in [0.1, 0.15) is 0 Å². The van der Waals surface area contributed by atoms with Crippen molar-refractivity contribution in [3.05, 3.63) is 30.3 Å². The Hall–Kier alpha value is -0.510. The molecule has 0 bridgehead atoms. The van der Waals surface area contributed by atoms with E-state index in [0.717, 1.165) is 18.8 Å². The molecule has 2 rings (SSSR count). The molecule has 16 heavy (non-hydrogen) atoms. The van der Waals surface area contributed by atoms with Gasteiger partial charge in [0.15, 0.2) is 5.79 Å². The Bertz CT molecular complexity index is 324. The highest BCUT2D eigenvalue weighted by molar-refractivity contribution is 7.99. The molecule has 1 atom stereocenters. The molecule has 1 aromatic carbocycles. The van der Waals surface area contributed by atoms with Crippen LogP contribution in [-0.4, -0.2) is 24.3 Å². The Kier molecular flexibility index (Phi) is 3.90. The highest BCUT2D eigenvalue weighted by atomic mass is 32.2. The number of rotatable bonds is 3. The first kappa shape index (κ1) is 12.0. The minimum absolute atomic E-state index is 0.300. The van der Waals surface area contributed by atoms with Gasteiger partial charge in [-0.25, -0.2) is 0 Å². The molecule has 0 saturated carbocycles. The lowest BCUT2D eigenvalue weighted by molar-refractivity contribution is -0.267. The van der Waals surface area contributed by atoms with Crippen molar-refractivity contribution in [1.29, 1.82) is 0 Å². The van der Waals surface area contributed by atoms with E-state index in [0.29, 0.717) is 6.10 Å². The maximum Gasteiger partial charge on any atom is 0.163 e. The molecule has 1 heterocycles. The van der Waals surface area contributed by atoms with Crippen molar-refractivity contribution in [3.8, 4) is 0 Å². The summed E-state index contributed by atoms with van der Waals surface area (Å²) in [6, 6.07) is 10.4. The molecule has 0 radical (unpaired) electrons. The molecule has 1 fully saturated rings. The molecule has 1 aliphatic heterocycles. The fraction of sp³-hybridized carbons (Fsp3) is 0.538. The zero-order chi connectivity index (χ0) is 11.4. The maximum atomic E-state index is 5.85. The zero-order valence-electron chi connectivity index (χ0n) is 9.81. The lowest BCUT2D eigenvalue weighted by atomic mass is 10.2. The Labute approximate surface area is 101 Å². The van der Waals surface area contributed by atoms with Crippen molar-refractivity contribution in [2.45, 2.75) is 37.1 Å². The van der Waals surface area contributed by atoms with Crippen LogP contribution in [-0.2, 0) is 9.47 Å². The molecule has 2 nitrogen and oxygen atoms in total. The second-order valence-corrected chi connectivity index (χ2v) is 5.49. The van der Waals surface area contributed by atoms with E-state index in [9.17, 15) is 0 Å². The van der Waals surface area contributed by atoms with E-state index >= 15 is 0 Å². The minimum Gasteiger partial charge on any atom is -0.350 e. The van der Waals surface area contributed by atoms with Crippen LogP contribution in [0.25, 0.3) is 0 Å². The third-order valence-electron chi connectivity index (χ3n) is 2.52. The van der Waals surface area contributed by atoms with Gasteiger partial charge in [0.2, 0.25) is 0 Å². The van der Waals surface area contributed by atoms with Crippen LogP contribution in [0, 0.1) is 0 Å². The van der Waals surface area contributed by atoms with Gasteiger partial charge < -0.3 is 9.47 Å². The highest BCUT2D eigenvalue weighted by Crippen LogP contribution is 2.26. The summed E-state index contributed by atoms with van der Waals surface area (Å²) >= 11 is 1.85. The van der Waals surface area contributed by atoms with Gasteiger partial charge in [0, 0.05) is 10.6 Å². The Morgan fingerprint density at radius 2 is 2.06 bits per heavy atom. The van der Waals surface area contributed by atoms with Crippen molar-refractivity contribution >= 4 is 11.8 Å². The number of benzene rings is 1. The van der Waals surface area contributed by atoms with Gasteiger partial charge in [-0.05, 0) is 32.4 Å². The summed E-state index contributed by atoms with van der Waals surface area (Å²) in [5.41, 5.74) is 0. The number of hydrogen-bond acceptors (Lipinski definition) is 3. The molecule has 0 spiro atoms. The van der Waals surface area contributed by atoms with Crippen molar-refractivity contribution in [1.82, 2.24) is 0 Å². The van der Waals surface area contributed by atoms with Gasteiger partial charge in [0.25, 0.3) is 0 Å². The summed E-state index contributed by atoms with van der Waals surface area (Å²) in [5, 5.41) is 0. The molecule has 0 N–H and O–H groups in total. The smallest absolute Gasteiger partial charge is 0.163 e. The first-order valence-corrected chi connectivity index (χ1v) is 6.64. The average Bonchev–Trinajstić information content (AvgIpc) is 2.27. The predicted octanol–water partition coefficient (Wildman–Crippen LogP) is 3.32. The molecule has 0 aromatic heterocycles. The van der Waals surface area contributed by atoms with Gasteiger partial charge in [0.05, 0.1) is 12.7 Å². The molecule has 88 valence electrons. The van der Waals surface area contributed by atoms with Crippen LogP contribution >= 0.6 is 11.8 Å². The average molecular weight is 238 g/mol. The van der Waals surface area contributed by atoms with Crippen LogP contribution in [0.1, 0.15) is 20.3 Å². The third kappa shape index (κ3) is 3.51. The summed E-state index contributed by atoms with van der Waals surface area (Å²) in [6.45, 7) is 4.76. The topological polar surface area (TPSA) is 18.5 Å². The summed E-state index contributed by atoms with van der Waals surface area (Å²) in [4.78, 5) is 1.30. The number of ether oxygens (including phenoxy) is 2. The quantitative estimate of drug-likeness (QED) is 0.753. The van der Waals surface area contributed by atoms with Gasteiger partial charge in [-0.1, -0.05) is 18.2 Å². The lowest BCUT2D eigenvalue weighted by Gasteiger charge is -2.35. The predicted molar refractivity (Wildman–Crippen MR) is 66.7 cm³/mol. The fourth-order valence-corrected chi connectivity index (χ4v) is 2.72. The fourth-order valence-electron chi connectivity index (χ4n) is 1.75. The second-order valence-electron chi connectivity index (χ2n) is 4.40. The van der Waals surface area contributed by atoms with Gasteiger partial charge in [-0.2, -0.15) is 0 Å². The van der Waals surface area contributed by atoms with E-state index in [4.69, 9.17) is 9.47 Å². The summed E-state index contributed by atoms with van der Waals surface area (Å²) < 4.78 is 11.4. The molecule has 1 aromatic rings. The number of hydrogen-bond donors (Lipinski definition) is 0. The first-order chi connectivity index (χ1) is 7.66. The van der Waals surface area contributed by atoms with E-state index in [1.807, 2.05) is 31.7 Å². The van der Waals surface area contributed by atoms with Gasteiger partial charge in [-0.3, -0.25) is 0 Å².